The van der Waals surface area contributed by atoms with E-state index in [-0.39, 0.29) is 0 Å². The minimum absolute atomic E-state index is 1.18. The smallest absolute Gasteiger partial charge is 0.0551 e. The third-order valence-corrected chi connectivity index (χ3v) is 9.33. The zero-order valence-electron chi connectivity index (χ0n) is 20.5. The lowest BCUT2D eigenvalue weighted by Crippen LogP contribution is -1.84. The van der Waals surface area contributed by atoms with Crippen LogP contribution in [0.2, 0.25) is 0 Å². The normalized spacial score (nSPS) is 12.2. The van der Waals surface area contributed by atoms with E-state index in [4.69, 9.17) is 0 Å². The van der Waals surface area contributed by atoms with Crippen LogP contribution < -0.4 is 0 Å². The molecule has 0 amide bonds. The first-order chi connectivity index (χ1) is 18.8. The maximum Gasteiger partial charge on any atom is 0.0551 e. The summed E-state index contributed by atoms with van der Waals surface area (Å²) < 4.78 is 2.68. The molecule has 0 unspecified atom stereocenters. The van der Waals surface area contributed by atoms with Crippen molar-refractivity contribution in [1.82, 2.24) is 4.98 Å². The zero-order chi connectivity index (χ0) is 24.8. The topological polar surface area (TPSA) is 15.8 Å². The van der Waals surface area contributed by atoms with Crippen LogP contribution in [0.4, 0.5) is 0 Å². The van der Waals surface area contributed by atoms with E-state index in [9.17, 15) is 0 Å². The summed E-state index contributed by atoms with van der Waals surface area (Å²) in [4.78, 5) is 3.81. The van der Waals surface area contributed by atoms with Gasteiger partial charge in [0.1, 0.15) is 0 Å². The number of aromatic nitrogens is 1. The highest BCUT2D eigenvalue weighted by atomic mass is 32.1. The lowest BCUT2D eigenvalue weighted by atomic mass is 9.92. The maximum absolute atomic E-state index is 3.81. The van der Waals surface area contributed by atoms with E-state index in [0.29, 0.717) is 0 Å². The van der Waals surface area contributed by atoms with Crippen LogP contribution in [0.3, 0.4) is 0 Å². The summed E-state index contributed by atoms with van der Waals surface area (Å²) in [5, 5.41) is 13.1. The van der Waals surface area contributed by atoms with Crippen LogP contribution in [-0.2, 0) is 0 Å². The van der Waals surface area contributed by atoms with E-state index < -0.39 is 0 Å². The minimum Gasteiger partial charge on any atom is -0.354 e. The molecule has 0 fully saturated rings. The fraction of sp³-hybridized carbons (Fsp3) is 0. The molecule has 2 heterocycles. The molecule has 0 aliphatic rings. The second-order valence-corrected chi connectivity index (χ2v) is 11.3. The predicted octanol–water partition coefficient (Wildman–Crippen LogP) is 10.8. The van der Waals surface area contributed by atoms with Gasteiger partial charge in [0.2, 0.25) is 0 Å². The van der Waals surface area contributed by atoms with Crippen molar-refractivity contribution in [2.24, 2.45) is 0 Å². The second-order valence-electron chi connectivity index (χ2n) is 10.2. The Morgan fingerprint density at radius 2 is 1.11 bits per heavy atom. The Labute approximate surface area is 222 Å². The molecule has 176 valence electrons. The van der Waals surface area contributed by atoms with E-state index in [0.717, 1.165) is 0 Å². The van der Waals surface area contributed by atoms with Gasteiger partial charge in [-0.25, -0.2) is 0 Å². The summed E-state index contributed by atoms with van der Waals surface area (Å²) in [5.74, 6) is 0. The van der Waals surface area contributed by atoms with Gasteiger partial charge in [-0.3, -0.25) is 0 Å². The maximum atomic E-state index is 3.81. The molecular weight excluding hydrogens is 478 g/mol. The van der Waals surface area contributed by atoms with Gasteiger partial charge < -0.3 is 4.98 Å². The highest BCUT2D eigenvalue weighted by Gasteiger charge is 2.16. The van der Waals surface area contributed by atoms with Crippen molar-refractivity contribution >= 4 is 85.6 Å². The highest BCUT2D eigenvalue weighted by Crippen LogP contribution is 2.43. The second kappa shape index (κ2) is 7.44. The Morgan fingerprint density at radius 3 is 2.00 bits per heavy atom. The van der Waals surface area contributed by atoms with Gasteiger partial charge in [-0.2, -0.15) is 0 Å². The number of nitrogens with one attached hydrogen (secondary N) is 1. The molecule has 7 aromatic carbocycles. The van der Waals surface area contributed by atoms with Crippen LogP contribution in [0.15, 0.2) is 121 Å². The molecular formula is C36H21NS. The van der Waals surface area contributed by atoms with Crippen molar-refractivity contribution in [3.8, 4) is 11.1 Å². The Bertz CT molecular complexity index is 2400. The summed E-state index contributed by atoms with van der Waals surface area (Å²) in [6.45, 7) is 0. The van der Waals surface area contributed by atoms with Crippen LogP contribution >= 0.6 is 11.3 Å². The molecule has 2 heteroatoms. The molecule has 0 atom stereocenters. The van der Waals surface area contributed by atoms with Gasteiger partial charge in [-0.15, -0.1) is 11.3 Å². The summed E-state index contributed by atoms with van der Waals surface area (Å²) >= 11 is 1.87. The standard InChI is InChI=1S/C36H21NS/c1-2-8-24-21(7-1)13-16-27-25-9-3-4-11-28(25)36-35(34(24)27)30-20-22(14-17-31(30)37-36)23-15-18-33-29(19-23)26-10-5-6-12-32(26)38-33/h1-20,37H. The Morgan fingerprint density at radius 1 is 0.421 bits per heavy atom. The molecule has 1 N–H and O–H groups in total. The molecule has 0 aliphatic heterocycles. The van der Waals surface area contributed by atoms with Crippen molar-refractivity contribution in [2.45, 2.75) is 0 Å². The van der Waals surface area contributed by atoms with Crippen molar-refractivity contribution < 1.29 is 0 Å². The number of hydrogen-bond acceptors (Lipinski definition) is 1. The van der Waals surface area contributed by atoms with Crippen LogP contribution in [0, 0.1) is 0 Å². The number of benzene rings is 7. The van der Waals surface area contributed by atoms with E-state index in [1.807, 2.05) is 11.3 Å². The quantitative estimate of drug-likeness (QED) is 0.216. The van der Waals surface area contributed by atoms with Gasteiger partial charge >= 0.3 is 0 Å². The molecule has 9 rings (SSSR count). The fourth-order valence-electron chi connectivity index (χ4n) is 6.44. The SMILES string of the molecule is c1ccc2c(c1)ccc1c3ccccc3c3[nH]c4ccc(-c5ccc6sc7ccccc7c6c5)cc4c3c21. The van der Waals surface area contributed by atoms with Crippen LogP contribution in [-0.4, -0.2) is 4.98 Å². The molecule has 0 radical (unpaired) electrons. The average molecular weight is 500 g/mol. The first kappa shape index (κ1) is 20.4. The lowest BCUT2D eigenvalue weighted by Gasteiger charge is -2.11. The van der Waals surface area contributed by atoms with E-state index in [1.165, 1.54) is 85.4 Å². The third-order valence-electron chi connectivity index (χ3n) is 8.17. The molecule has 1 nitrogen and oxygen atoms in total. The third kappa shape index (κ3) is 2.70. The first-order valence-corrected chi connectivity index (χ1v) is 13.8. The fourth-order valence-corrected chi connectivity index (χ4v) is 7.53. The van der Waals surface area contributed by atoms with Gasteiger partial charge in [0.15, 0.2) is 0 Å². The van der Waals surface area contributed by atoms with Gasteiger partial charge in [-0.05, 0) is 63.0 Å². The molecule has 38 heavy (non-hydrogen) atoms. The molecule has 0 saturated heterocycles. The van der Waals surface area contributed by atoms with Crippen LogP contribution in [0.1, 0.15) is 0 Å². The zero-order valence-corrected chi connectivity index (χ0v) is 21.3. The molecule has 0 spiro atoms. The summed E-state index contributed by atoms with van der Waals surface area (Å²) in [6, 6.07) is 44.7. The number of thiophene rings is 1. The van der Waals surface area contributed by atoms with E-state index in [2.05, 4.69) is 126 Å². The van der Waals surface area contributed by atoms with Crippen LogP contribution in [0.25, 0.3) is 85.4 Å². The molecule has 0 aliphatic carbocycles. The minimum atomic E-state index is 1.18. The Kier molecular flexibility index (Phi) is 3.99. The number of fused-ring (bicyclic) bond motifs is 13. The number of rotatable bonds is 1. The van der Waals surface area contributed by atoms with Gasteiger partial charge in [0.25, 0.3) is 0 Å². The molecule has 2 aromatic heterocycles. The first-order valence-electron chi connectivity index (χ1n) is 13.0. The summed E-state index contributed by atoms with van der Waals surface area (Å²) in [6.07, 6.45) is 0. The number of aromatic amines is 1. The summed E-state index contributed by atoms with van der Waals surface area (Å²) in [5.41, 5.74) is 4.90. The number of H-pyrrole nitrogens is 1. The van der Waals surface area contributed by atoms with E-state index in [1.54, 1.807) is 0 Å². The Balaban J connectivity index is 1.42. The largest absolute Gasteiger partial charge is 0.354 e. The van der Waals surface area contributed by atoms with E-state index >= 15 is 0 Å². The predicted molar refractivity (Wildman–Crippen MR) is 167 cm³/mol. The summed E-state index contributed by atoms with van der Waals surface area (Å²) in [7, 11) is 0. The number of hydrogen-bond donors (Lipinski definition) is 1. The van der Waals surface area contributed by atoms with Gasteiger partial charge in [-0.1, -0.05) is 91.0 Å². The average Bonchev–Trinajstić information content (AvgIpc) is 3.55. The van der Waals surface area contributed by atoms with Crippen molar-refractivity contribution in [2.75, 3.05) is 0 Å². The molecule has 0 bridgehead atoms. The van der Waals surface area contributed by atoms with Crippen molar-refractivity contribution in [1.29, 1.82) is 0 Å². The van der Waals surface area contributed by atoms with Gasteiger partial charge in [0.05, 0.1) is 5.52 Å². The molecule has 9 aromatic rings. The van der Waals surface area contributed by atoms with Gasteiger partial charge in [0, 0.05) is 47.2 Å². The van der Waals surface area contributed by atoms with Crippen molar-refractivity contribution in [3.63, 3.8) is 0 Å². The molecule has 0 saturated carbocycles. The van der Waals surface area contributed by atoms with Crippen LogP contribution in [0.5, 0.6) is 0 Å². The highest BCUT2D eigenvalue weighted by molar-refractivity contribution is 7.25. The Hall–Kier alpha value is -4.66. The monoisotopic (exact) mass is 499 g/mol. The lowest BCUT2D eigenvalue weighted by molar-refractivity contribution is 1.56. The van der Waals surface area contributed by atoms with Crippen molar-refractivity contribution in [3.05, 3.63) is 121 Å².